The van der Waals surface area contributed by atoms with Crippen LogP contribution >= 0.6 is 0 Å². The molecule has 0 amide bonds. The van der Waals surface area contributed by atoms with Crippen LogP contribution in [0, 0.1) is 20.8 Å². The molecule has 2 rings (SSSR count). The first-order valence-corrected chi connectivity index (χ1v) is 5.22. The number of rotatable bonds is 3. The third-order valence-corrected chi connectivity index (χ3v) is 2.48. The van der Waals surface area contributed by atoms with Gasteiger partial charge < -0.3 is 13.7 Å². The molecule has 0 aliphatic heterocycles. The minimum atomic E-state index is -0.194. The molecule has 90 valence electrons. The molecular weight excluding hydrogens is 222 g/mol. The average Bonchev–Trinajstić information content (AvgIpc) is 2.58. The van der Waals surface area contributed by atoms with Crippen molar-refractivity contribution in [3.8, 4) is 5.75 Å². The normalized spacial score (nSPS) is 10.5. The zero-order chi connectivity index (χ0) is 12.4. The number of hydrogen-bond acceptors (Lipinski definition) is 5. The molecule has 17 heavy (non-hydrogen) atoms. The van der Waals surface area contributed by atoms with E-state index in [2.05, 4.69) is 5.16 Å². The maximum atomic E-state index is 11.5. The van der Waals surface area contributed by atoms with Crippen molar-refractivity contribution in [3.05, 3.63) is 45.3 Å². The molecule has 0 radical (unpaired) electrons. The molecule has 0 saturated heterocycles. The fraction of sp³-hybridized carbons (Fsp3) is 0.333. The molecule has 0 aromatic carbocycles. The van der Waals surface area contributed by atoms with Gasteiger partial charge in [-0.15, -0.1) is 0 Å². The molecule has 0 fully saturated rings. The second-order valence-electron chi connectivity index (χ2n) is 3.81. The van der Waals surface area contributed by atoms with E-state index >= 15 is 0 Å². The van der Waals surface area contributed by atoms with E-state index < -0.39 is 0 Å². The Bertz CT molecular complexity index is 563. The van der Waals surface area contributed by atoms with E-state index in [-0.39, 0.29) is 17.8 Å². The molecule has 2 aromatic rings. The molecule has 0 unspecified atom stereocenters. The van der Waals surface area contributed by atoms with Gasteiger partial charge in [0.05, 0.1) is 11.3 Å². The van der Waals surface area contributed by atoms with Crippen LogP contribution in [0.3, 0.4) is 0 Å². The van der Waals surface area contributed by atoms with Crippen LogP contribution in [-0.4, -0.2) is 5.16 Å². The van der Waals surface area contributed by atoms with Crippen molar-refractivity contribution in [1.29, 1.82) is 0 Å². The highest BCUT2D eigenvalue weighted by atomic mass is 16.5. The highest BCUT2D eigenvalue weighted by Crippen LogP contribution is 2.15. The summed E-state index contributed by atoms with van der Waals surface area (Å²) in [6.07, 6.45) is 1.32. The monoisotopic (exact) mass is 235 g/mol. The fourth-order valence-electron chi connectivity index (χ4n) is 1.46. The maximum Gasteiger partial charge on any atom is 0.226 e. The van der Waals surface area contributed by atoms with Gasteiger partial charge in [-0.25, -0.2) is 0 Å². The molecule has 0 spiro atoms. The second-order valence-corrected chi connectivity index (χ2v) is 3.81. The Labute approximate surface area is 98.0 Å². The summed E-state index contributed by atoms with van der Waals surface area (Å²) in [4.78, 5) is 11.5. The van der Waals surface area contributed by atoms with Crippen LogP contribution in [0.1, 0.15) is 22.8 Å². The summed E-state index contributed by atoms with van der Waals surface area (Å²) in [5, 5.41) is 3.81. The Morgan fingerprint density at radius 2 is 2.12 bits per heavy atom. The van der Waals surface area contributed by atoms with E-state index in [1.54, 1.807) is 13.8 Å². The van der Waals surface area contributed by atoms with E-state index in [0.29, 0.717) is 11.5 Å². The predicted molar refractivity (Wildman–Crippen MR) is 60.0 cm³/mol. The lowest BCUT2D eigenvalue weighted by molar-refractivity contribution is 0.287. The Morgan fingerprint density at radius 3 is 2.71 bits per heavy atom. The van der Waals surface area contributed by atoms with Crippen molar-refractivity contribution >= 4 is 0 Å². The van der Waals surface area contributed by atoms with Gasteiger partial charge in [-0.1, -0.05) is 5.16 Å². The van der Waals surface area contributed by atoms with Crippen LogP contribution in [0.5, 0.6) is 5.75 Å². The Balaban J connectivity index is 2.15. The van der Waals surface area contributed by atoms with Crippen LogP contribution in [0.25, 0.3) is 0 Å². The number of nitrogens with zero attached hydrogens (tertiary/aromatic N) is 1. The molecule has 0 bridgehead atoms. The van der Waals surface area contributed by atoms with Crippen LogP contribution in [0.4, 0.5) is 0 Å². The van der Waals surface area contributed by atoms with Gasteiger partial charge in [0.1, 0.15) is 24.4 Å². The van der Waals surface area contributed by atoms with Gasteiger partial charge in [0.25, 0.3) is 0 Å². The SMILES string of the molecule is Cc1cc(=O)c(OCc2c(C)noc2C)co1. The summed E-state index contributed by atoms with van der Waals surface area (Å²) in [6, 6.07) is 1.39. The molecule has 5 nitrogen and oxygen atoms in total. The maximum absolute atomic E-state index is 11.5. The molecule has 0 atom stereocenters. The highest BCUT2D eigenvalue weighted by Gasteiger charge is 2.10. The first-order chi connectivity index (χ1) is 8.08. The first-order valence-electron chi connectivity index (χ1n) is 5.22. The smallest absolute Gasteiger partial charge is 0.226 e. The zero-order valence-corrected chi connectivity index (χ0v) is 9.94. The van der Waals surface area contributed by atoms with Crippen LogP contribution in [-0.2, 0) is 6.61 Å². The summed E-state index contributed by atoms with van der Waals surface area (Å²) >= 11 is 0. The van der Waals surface area contributed by atoms with Crippen molar-refractivity contribution in [2.45, 2.75) is 27.4 Å². The van der Waals surface area contributed by atoms with Crippen molar-refractivity contribution in [3.63, 3.8) is 0 Å². The Kier molecular flexibility index (Phi) is 2.99. The van der Waals surface area contributed by atoms with Crippen LogP contribution in [0.2, 0.25) is 0 Å². The predicted octanol–water partition coefficient (Wildman–Crippen LogP) is 2.13. The molecular formula is C12H13NO4. The minimum absolute atomic E-state index is 0.190. The van der Waals surface area contributed by atoms with Crippen LogP contribution < -0.4 is 10.2 Å². The topological polar surface area (TPSA) is 65.5 Å². The molecule has 0 N–H and O–H groups in total. The average molecular weight is 235 g/mol. The van der Waals surface area contributed by atoms with E-state index in [1.165, 1.54) is 12.3 Å². The summed E-state index contributed by atoms with van der Waals surface area (Å²) in [5.41, 5.74) is 1.42. The summed E-state index contributed by atoms with van der Waals surface area (Å²) in [5.74, 6) is 1.44. The van der Waals surface area contributed by atoms with Gasteiger partial charge in [0, 0.05) is 6.07 Å². The van der Waals surface area contributed by atoms with Gasteiger partial charge >= 0.3 is 0 Å². The van der Waals surface area contributed by atoms with E-state index in [4.69, 9.17) is 13.7 Å². The Hall–Kier alpha value is -2.04. The number of aryl methyl sites for hydroxylation is 3. The quantitative estimate of drug-likeness (QED) is 0.815. The summed E-state index contributed by atoms with van der Waals surface area (Å²) in [6.45, 7) is 5.58. The fourth-order valence-corrected chi connectivity index (χ4v) is 1.46. The third kappa shape index (κ3) is 2.38. The first kappa shape index (κ1) is 11.4. The van der Waals surface area contributed by atoms with Gasteiger partial charge in [-0.2, -0.15) is 0 Å². The number of hydrogen-bond donors (Lipinski definition) is 0. The standard InChI is InChI=1S/C12H13NO4/c1-7-4-11(14)12(6-15-7)16-5-10-8(2)13-17-9(10)3/h4,6H,5H2,1-3H3. The molecule has 2 aromatic heterocycles. The summed E-state index contributed by atoms with van der Waals surface area (Å²) in [7, 11) is 0. The number of ether oxygens (including phenoxy) is 1. The largest absolute Gasteiger partial charge is 0.482 e. The molecule has 2 heterocycles. The minimum Gasteiger partial charge on any atom is -0.482 e. The van der Waals surface area contributed by atoms with Gasteiger partial charge in [0.15, 0.2) is 0 Å². The van der Waals surface area contributed by atoms with Gasteiger partial charge in [0.2, 0.25) is 11.2 Å². The van der Waals surface area contributed by atoms with Gasteiger partial charge in [-0.3, -0.25) is 4.79 Å². The van der Waals surface area contributed by atoms with Crippen molar-refractivity contribution in [2.24, 2.45) is 0 Å². The van der Waals surface area contributed by atoms with E-state index in [1.807, 2.05) is 6.92 Å². The third-order valence-electron chi connectivity index (χ3n) is 2.48. The zero-order valence-electron chi connectivity index (χ0n) is 9.94. The van der Waals surface area contributed by atoms with Crippen molar-refractivity contribution in [2.75, 3.05) is 0 Å². The molecule has 5 heteroatoms. The van der Waals surface area contributed by atoms with E-state index in [9.17, 15) is 4.79 Å². The molecule has 0 saturated carbocycles. The lowest BCUT2D eigenvalue weighted by Crippen LogP contribution is -2.07. The van der Waals surface area contributed by atoms with E-state index in [0.717, 1.165) is 11.3 Å². The Morgan fingerprint density at radius 1 is 1.35 bits per heavy atom. The second kappa shape index (κ2) is 4.45. The van der Waals surface area contributed by atoms with Crippen LogP contribution in [0.15, 0.2) is 26.1 Å². The lowest BCUT2D eigenvalue weighted by Gasteiger charge is -2.04. The lowest BCUT2D eigenvalue weighted by atomic mass is 10.2. The molecule has 0 aliphatic rings. The van der Waals surface area contributed by atoms with Crippen molar-refractivity contribution < 1.29 is 13.7 Å². The van der Waals surface area contributed by atoms with Crippen molar-refractivity contribution in [1.82, 2.24) is 5.16 Å². The molecule has 0 aliphatic carbocycles. The highest BCUT2D eigenvalue weighted by molar-refractivity contribution is 5.22. The van der Waals surface area contributed by atoms with Gasteiger partial charge in [-0.05, 0) is 20.8 Å². The summed E-state index contributed by atoms with van der Waals surface area (Å²) < 4.78 is 15.5. The number of aromatic nitrogens is 1.